The second-order valence-electron chi connectivity index (χ2n) is 6.33. The topological polar surface area (TPSA) is 92.6 Å². The number of anilines is 1. The summed E-state index contributed by atoms with van der Waals surface area (Å²) < 4.78 is 5.50. The Hall–Kier alpha value is -3.74. The molecule has 7 nitrogen and oxygen atoms in total. The summed E-state index contributed by atoms with van der Waals surface area (Å²) in [6.45, 7) is -0.490. The van der Waals surface area contributed by atoms with E-state index < -0.39 is 18.6 Å². The van der Waals surface area contributed by atoms with E-state index in [2.05, 4.69) is 9.97 Å². The number of ether oxygens (including phenoxy) is 1. The second-order valence-corrected chi connectivity index (χ2v) is 6.33. The first-order chi connectivity index (χ1) is 13.6. The quantitative estimate of drug-likeness (QED) is 0.735. The zero-order valence-corrected chi connectivity index (χ0v) is 14.9. The first kappa shape index (κ1) is 17.7. The maximum absolute atomic E-state index is 12.6. The van der Waals surface area contributed by atoms with E-state index in [1.165, 1.54) is 12.4 Å². The Morgan fingerprint density at radius 1 is 0.929 bits per heavy atom. The van der Waals surface area contributed by atoms with E-state index >= 15 is 0 Å². The van der Waals surface area contributed by atoms with E-state index in [0.717, 1.165) is 27.2 Å². The number of carboxylic acid groups (broad SMARTS) is 1. The fourth-order valence-electron chi connectivity index (χ4n) is 3.45. The highest BCUT2D eigenvalue weighted by molar-refractivity contribution is 5.91. The molecule has 1 heterocycles. The maximum Gasteiger partial charge on any atom is 0.417 e. The Labute approximate surface area is 161 Å². The average Bonchev–Trinajstić information content (AvgIpc) is 3.05. The Kier molecular flexibility index (Phi) is 4.72. The number of carbonyl (C=O) groups is 2. The number of aliphatic carboxylic acids is 1. The van der Waals surface area contributed by atoms with Gasteiger partial charge in [-0.1, -0.05) is 48.5 Å². The molecule has 0 aliphatic heterocycles. The van der Waals surface area contributed by atoms with Gasteiger partial charge in [0.2, 0.25) is 5.95 Å². The van der Waals surface area contributed by atoms with E-state index in [1.807, 2.05) is 48.5 Å². The van der Waals surface area contributed by atoms with Crippen LogP contribution in [0.1, 0.15) is 17.0 Å². The van der Waals surface area contributed by atoms with E-state index in [-0.39, 0.29) is 18.5 Å². The molecule has 4 rings (SSSR count). The number of hydrogen-bond acceptors (Lipinski definition) is 5. The van der Waals surface area contributed by atoms with Gasteiger partial charge in [0, 0.05) is 18.3 Å². The average molecular weight is 375 g/mol. The molecule has 1 aromatic heterocycles. The van der Waals surface area contributed by atoms with Gasteiger partial charge in [0.05, 0.1) is 0 Å². The van der Waals surface area contributed by atoms with Crippen LogP contribution in [0, 0.1) is 0 Å². The normalized spacial score (nSPS) is 12.1. The summed E-state index contributed by atoms with van der Waals surface area (Å²) in [7, 11) is 0. The highest BCUT2D eigenvalue weighted by atomic mass is 16.6. The third kappa shape index (κ3) is 3.29. The van der Waals surface area contributed by atoms with Gasteiger partial charge in [-0.3, -0.25) is 4.79 Å². The fourth-order valence-corrected chi connectivity index (χ4v) is 3.45. The zero-order chi connectivity index (χ0) is 19.5. The Bertz CT molecular complexity index is 977. The number of hydrogen-bond donors (Lipinski definition) is 1. The van der Waals surface area contributed by atoms with Crippen LogP contribution in [0.2, 0.25) is 0 Å². The SMILES string of the molecule is O=C(O)CN(C(=O)OCC1c2ccccc2-c2ccccc21)c1ncccn1. The summed E-state index contributed by atoms with van der Waals surface area (Å²) in [4.78, 5) is 32.6. The number of aromatic nitrogens is 2. The standard InChI is InChI=1S/C21H17N3O4/c25-19(26)12-24(20-22-10-5-11-23-20)21(27)28-13-18-16-8-3-1-6-14(16)15-7-2-4-9-17(15)18/h1-11,18H,12-13H2,(H,25,26). The van der Waals surface area contributed by atoms with Crippen molar-refractivity contribution >= 4 is 18.0 Å². The number of carboxylic acids is 1. The molecule has 7 heteroatoms. The molecule has 3 aromatic rings. The van der Waals surface area contributed by atoms with Gasteiger partial charge in [0.15, 0.2) is 0 Å². The lowest BCUT2D eigenvalue weighted by molar-refractivity contribution is -0.135. The predicted octanol–water partition coefficient (Wildman–Crippen LogP) is 3.32. The molecule has 1 amide bonds. The third-order valence-corrected chi connectivity index (χ3v) is 4.64. The van der Waals surface area contributed by atoms with Gasteiger partial charge in [-0.2, -0.15) is 0 Å². The third-order valence-electron chi connectivity index (χ3n) is 4.64. The van der Waals surface area contributed by atoms with Gasteiger partial charge in [-0.05, 0) is 28.3 Å². The predicted molar refractivity (Wildman–Crippen MR) is 102 cm³/mol. The van der Waals surface area contributed by atoms with Crippen molar-refractivity contribution in [1.82, 2.24) is 9.97 Å². The van der Waals surface area contributed by atoms with Crippen molar-refractivity contribution < 1.29 is 19.4 Å². The number of fused-ring (bicyclic) bond motifs is 3. The number of rotatable bonds is 5. The lowest BCUT2D eigenvalue weighted by atomic mass is 9.98. The van der Waals surface area contributed by atoms with E-state index in [1.54, 1.807) is 6.07 Å². The molecule has 0 fully saturated rings. The van der Waals surface area contributed by atoms with Crippen LogP contribution in [-0.4, -0.2) is 40.3 Å². The molecule has 28 heavy (non-hydrogen) atoms. The summed E-state index contributed by atoms with van der Waals surface area (Å²) in [6, 6.07) is 17.6. The largest absolute Gasteiger partial charge is 0.480 e. The summed E-state index contributed by atoms with van der Waals surface area (Å²) >= 11 is 0. The van der Waals surface area contributed by atoms with Gasteiger partial charge >= 0.3 is 12.1 Å². The second kappa shape index (κ2) is 7.48. The van der Waals surface area contributed by atoms with Crippen molar-refractivity contribution in [3.8, 4) is 11.1 Å². The van der Waals surface area contributed by atoms with Crippen molar-refractivity contribution in [3.05, 3.63) is 78.1 Å². The van der Waals surface area contributed by atoms with Gasteiger partial charge in [-0.15, -0.1) is 0 Å². The molecular weight excluding hydrogens is 358 g/mol. The van der Waals surface area contributed by atoms with E-state index in [4.69, 9.17) is 9.84 Å². The summed E-state index contributed by atoms with van der Waals surface area (Å²) in [5, 5.41) is 9.13. The van der Waals surface area contributed by atoms with Gasteiger partial charge in [-0.25, -0.2) is 19.7 Å². The zero-order valence-electron chi connectivity index (χ0n) is 14.9. The summed E-state index contributed by atoms with van der Waals surface area (Å²) in [6.07, 6.45) is 2.08. The van der Waals surface area contributed by atoms with E-state index in [0.29, 0.717) is 0 Å². The molecule has 1 aliphatic carbocycles. The lowest BCUT2D eigenvalue weighted by Gasteiger charge is -2.20. The van der Waals surface area contributed by atoms with Crippen LogP contribution in [-0.2, 0) is 9.53 Å². The molecule has 1 N–H and O–H groups in total. The van der Waals surface area contributed by atoms with Crippen molar-refractivity contribution in [2.75, 3.05) is 18.1 Å². The van der Waals surface area contributed by atoms with Gasteiger partial charge in [0.25, 0.3) is 0 Å². The molecule has 0 unspecified atom stereocenters. The van der Waals surface area contributed by atoms with Crippen molar-refractivity contribution in [2.45, 2.75) is 5.92 Å². The van der Waals surface area contributed by atoms with Crippen LogP contribution < -0.4 is 4.90 Å². The van der Waals surface area contributed by atoms with Crippen LogP contribution in [0.25, 0.3) is 11.1 Å². The molecule has 140 valence electrons. The van der Waals surface area contributed by atoms with Crippen molar-refractivity contribution in [3.63, 3.8) is 0 Å². The first-order valence-electron chi connectivity index (χ1n) is 8.76. The highest BCUT2D eigenvalue weighted by Crippen LogP contribution is 2.44. The van der Waals surface area contributed by atoms with Crippen LogP contribution in [0.3, 0.4) is 0 Å². The summed E-state index contributed by atoms with van der Waals surface area (Å²) in [5.41, 5.74) is 4.40. The number of amides is 1. The molecule has 0 radical (unpaired) electrons. The van der Waals surface area contributed by atoms with Crippen molar-refractivity contribution in [2.24, 2.45) is 0 Å². The van der Waals surface area contributed by atoms with E-state index in [9.17, 15) is 9.59 Å². The lowest BCUT2D eigenvalue weighted by Crippen LogP contribution is -2.38. The molecule has 0 bridgehead atoms. The minimum absolute atomic E-state index is 0.0119. The molecular formula is C21H17N3O4. The Morgan fingerprint density at radius 2 is 1.50 bits per heavy atom. The number of nitrogens with zero attached hydrogens (tertiary/aromatic N) is 3. The monoisotopic (exact) mass is 375 g/mol. The molecule has 0 saturated heterocycles. The fraction of sp³-hybridized carbons (Fsp3) is 0.143. The molecule has 0 atom stereocenters. The Balaban J connectivity index is 1.56. The van der Waals surface area contributed by atoms with Crippen LogP contribution in [0.15, 0.2) is 67.0 Å². The molecule has 0 saturated carbocycles. The Morgan fingerprint density at radius 3 is 2.07 bits per heavy atom. The van der Waals surface area contributed by atoms with Crippen molar-refractivity contribution in [1.29, 1.82) is 0 Å². The maximum atomic E-state index is 12.6. The smallest absolute Gasteiger partial charge is 0.417 e. The van der Waals surface area contributed by atoms with Gasteiger partial charge < -0.3 is 9.84 Å². The number of carbonyl (C=O) groups excluding carboxylic acids is 1. The molecule has 2 aromatic carbocycles. The highest BCUT2D eigenvalue weighted by Gasteiger charge is 2.30. The minimum atomic E-state index is -1.18. The van der Waals surface area contributed by atoms with Crippen LogP contribution >= 0.6 is 0 Å². The number of benzene rings is 2. The van der Waals surface area contributed by atoms with Crippen LogP contribution in [0.5, 0.6) is 0 Å². The van der Waals surface area contributed by atoms with Gasteiger partial charge in [0.1, 0.15) is 13.2 Å². The first-order valence-corrected chi connectivity index (χ1v) is 8.76. The summed E-state index contributed by atoms with van der Waals surface area (Å²) in [5.74, 6) is -1.30. The molecule has 0 spiro atoms. The van der Waals surface area contributed by atoms with Crippen LogP contribution in [0.4, 0.5) is 10.7 Å². The minimum Gasteiger partial charge on any atom is -0.480 e. The molecule has 1 aliphatic rings.